The molecule has 48 heavy (non-hydrogen) atoms. The van der Waals surface area contributed by atoms with Gasteiger partial charge in [0.2, 0.25) is 11.8 Å². The molecule has 0 saturated heterocycles. The predicted molar refractivity (Wildman–Crippen MR) is 197 cm³/mol. The Balaban J connectivity index is 2.09. The Hall–Kier alpha value is -2.50. The lowest BCUT2D eigenvalue weighted by molar-refractivity contribution is -0.889. The van der Waals surface area contributed by atoms with Crippen LogP contribution in [0.1, 0.15) is 44.9 Å². The minimum absolute atomic E-state index is 0.167. The van der Waals surface area contributed by atoms with E-state index < -0.39 is 33.6 Å². The van der Waals surface area contributed by atoms with Crippen LogP contribution in [0.4, 0.5) is 4.79 Å². The van der Waals surface area contributed by atoms with E-state index in [-0.39, 0.29) is 17.6 Å². The first kappa shape index (κ1) is 41.7. The van der Waals surface area contributed by atoms with Gasteiger partial charge < -0.3 is 19.9 Å². The third-order valence-corrected chi connectivity index (χ3v) is 11.0. The zero-order valence-electron chi connectivity index (χ0n) is 28.6. The molecule has 0 spiro atoms. The number of amides is 2. The van der Waals surface area contributed by atoms with Crippen LogP contribution in [0, 0.1) is 11.8 Å². The Morgan fingerprint density at radius 2 is 1.71 bits per heavy atom. The van der Waals surface area contributed by atoms with Gasteiger partial charge in [-0.3, -0.25) is 14.1 Å². The Kier molecular flexibility index (Phi) is 17.0. The van der Waals surface area contributed by atoms with E-state index in [1.165, 1.54) is 34.4 Å². The molecule has 0 bridgehead atoms. The number of carbonyl (C=O) groups is 3. The largest absolute Gasteiger partial charge is 0.443 e. The van der Waals surface area contributed by atoms with Gasteiger partial charge in [-0.15, -0.1) is 23.5 Å². The van der Waals surface area contributed by atoms with Crippen molar-refractivity contribution in [3.8, 4) is 0 Å². The fraction of sp³-hybridized carbons (Fsp3) is 0.594. The number of quaternary nitrogens is 1. The summed E-state index contributed by atoms with van der Waals surface area (Å²) in [7, 11) is -0.152. The molecule has 12 nitrogen and oxygen atoms in total. The van der Waals surface area contributed by atoms with Gasteiger partial charge in [0, 0.05) is 43.2 Å². The van der Waals surface area contributed by atoms with Crippen LogP contribution in [-0.2, 0) is 37.3 Å². The number of nitrogens with one attached hydrogen (secondary N) is 2. The average Bonchev–Trinajstić information content (AvgIpc) is 3.46. The number of hydrogen-bond donors (Lipinski definition) is 3. The number of thiocarbonyl (C=S) groups is 1. The lowest BCUT2D eigenvalue weighted by Crippen LogP contribution is -2.47. The Morgan fingerprint density at radius 3 is 2.33 bits per heavy atom. The monoisotopic (exact) mass is 744 g/mol. The molecule has 1 aromatic carbocycles. The van der Waals surface area contributed by atoms with Gasteiger partial charge >= 0.3 is 6.09 Å². The van der Waals surface area contributed by atoms with Gasteiger partial charge in [0.05, 0.1) is 45.2 Å². The summed E-state index contributed by atoms with van der Waals surface area (Å²) in [5.74, 6) is -1.26. The van der Waals surface area contributed by atoms with Gasteiger partial charge in [-0.2, -0.15) is 8.42 Å². The molecule has 0 aliphatic carbocycles. The second kappa shape index (κ2) is 19.6. The number of thioether (sulfide) groups is 2. The van der Waals surface area contributed by atoms with Gasteiger partial charge in [0.25, 0.3) is 10.1 Å². The van der Waals surface area contributed by atoms with E-state index in [9.17, 15) is 22.8 Å². The number of imidazole rings is 1. The normalized spacial score (nSPS) is 13.4. The van der Waals surface area contributed by atoms with Crippen LogP contribution in [0.5, 0.6) is 0 Å². The van der Waals surface area contributed by atoms with Crippen molar-refractivity contribution in [3.63, 3.8) is 0 Å². The average molecular weight is 745 g/mol. The van der Waals surface area contributed by atoms with Gasteiger partial charge in [-0.25, -0.2) is 14.3 Å². The number of aromatic nitrogens is 2. The van der Waals surface area contributed by atoms with Crippen LogP contribution in [0.3, 0.4) is 0 Å². The third-order valence-electron chi connectivity index (χ3n) is 7.31. The number of ether oxygens (including phenoxy) is 1. The number of hydrogen-bond acceptors (Lipinski definition) is 10. The Labute approximate surface area is 298 Å². The van der Waals surface area contributed by atoms with Crippen molar-refractivity contribution < 1.29 is 36.6 Å². The Bertz CT molecular complexity index is 1460. The van der Waals surface area contributed by atoms with Crippen LogP contribution in [0.15, 0.2) is 42.9 Å². The molecule has 0 fully saturated rings. The molecule has 0 radical (unpaired) electrons. The second-order valence-corrected chi connectivity index (χ2v) is 17.8. The molecule has 3 N–H and O–H groups in total. The van der Waals surface area contributed by atoms with E-state index in [1.54, 1.807) is 27.0 Å². The summed E-state index contributed by atoms with van der Waals surface area (Å²) in [4.78, 5) is 43.8. The van der Waals surface area contributed by atoms with E-state index in [0.717, 1.165) is 5.56 Å². The van der Waals surface area contributed by atoms with E-state index in [0.29, 0.717) is 71.3 Å². The molecule has 2 atom stereocenters. The summed E-state index contributed by atoms with van der Waals surface area (Å²) in [6.45, 7) is 7.08. The lowest BCUT2D eigenvalue weighted by Gasteiger charge is -2.30. The first-order valence-corrected chi connectivity index (χ1v) is 19.9. The van der Waals surface area contributed by atoms with E-state index >= 15 is 0 Å². The molecule has 2 amide bonds. The standard InChI is InChI=1S/C32H49N5O7S4/c1-32(2,3)44-30(40)36-21-27(35-23-36)13-14-33-29(39)26(22-47-31(45)46-6)20-25(19-24-11-8-7-9-12-24)28(38)34-15-17-37(4,5)16-10-18-48(41,42)43/h7-9,11-12,21,23,25-26H,10,13-20,22H2,1-6H3,(H2-,33,34,38,39,41,42,43)/p+1. The second-order valence-electron chi connectivity index (χ2n) is 13.2. The number of nitrogens with zero attached hydrogens (tertiary/aromatic N) is 3. The van der Waals surface area contributed by atoms with Crippen molar-refractivity contribution in [2.75, 3.05) is 58.0 Å². The highest BCUT2D eigenvalue weighted by atomic mass is 32.2. The molecule has 2 unspecified atom stereocenters. The minimum Gasteiger partial charge on any atom is -0.443 e. The zero-order chi connectivity index (χ0) is 36.0. The lowest BCUT2D eigenvalue weighted by atomic mass is 9.88. The van der Waals surface area contributed by atoms with Gasteiger partial charge in [0.1, 0.15) is 15.5 Å². The molecular formula is C32H50N5O7S4+. The van der Waals surface area contributed by atoms with E-state index in [2.05, 4.69) is 15.6 Å². The summed E-state index contributed by atoms with van der Waals surface area (Å²) in [6, 6.07) is 9.65. The van der Waals surface area contributed by atoms with Crippen LogP contribution in [0.2, 0.25) is 0 Å². The van der Waals surface area contributed by atoms with Crippen molar-refractivity contribution in [2.45, 2.75) is 52.1 Å². The van der Waals surface area contributed by atoms with Crippen LogP contribution < -0.4 is 10.6 Å². The number of rotatable bonds is 18. The molecule has 268 valence electrons. The summed E-state index contributed by atoms with van der Waals surface area (Å²) in [6.07, 6.45) is 5.77. The summed E-state index contributed by atoms with van der Waals surface area (Å²) in [5.41, 5.74) is 0.961. The SMILES string of the molecule is CSC(=S)SCC(CC(Cc1ccccc1)C(=O)NCC[N+](C)(C)CCCS(=O)(=O)O)C(=O)NCCc1cn(C(=O)OC(C)(C)C)cn1. The quantitative estimate of drug-likeness (QED) is 0.115. The smallest absolute Gasteiger partial charge is 0.419 e. The maximum atomic E-state index is 13.6. The first-order chi connectivity index (χ1) is 22.4. The highest BCUT2D eigenvalue weighted by Crippen LogP contribution is 2.25. The number of carbonyl (C=O) groups excluding carboxylic acids is 3. The van der Waals surface area contributed by atoms with Crippen molar-refractivity contribution in [1.82, 2.24) is 20.2 Å². The van der Waals surface area contributed by atoms with Gasteiger partial charge in [-0.05, 0) is 45.4 Å². The highest BCUT2D eigenvalue weighted by molar-refractivity contribution is 8.47. The van der Waals surface area contributed by atoms with Crippen LogP contribution >= 0.6 is 35.7 Å². The molecule has 16 heteroatoms. The molecule has 2 aromatic rings. The van der Waals surface area contributed by atoms with E-state index in [4.69, 9.17) is 21.5 Å². The fourth-order valence-corrected chi connectivity index (χ4v) is 6.78. The molecule has 0 saturated carbocycles. The summed E-state index contributed by atoms with van der Waals surface area (Å²) in [5, 5.41) is 6.03. The highest BCUT2D eigenvalue weighted by Gasteiger charge is 2.29. The molecule has 2 rings (SSSR count). The molecular weight excluding hydrogens is 695 g/mol. The van der Waals surface area contributed by atoms with Crippen molar-refractivity contribution in [2.24, 2.45) is 11.8 Å². The number of likely N-dealkylation sites (N-methyl/N-ethyl adjacent to an activating group) is 1. The summed E-state index contributed by atoms with van der Waals surface area (Å²) < 4.78 is 39.1. The topological polar surface area (TPSA) is 157 Å². The Morgan fingerprint density at radius 1 is 1.06 bits per heavy atom. The van der Waals surface area contributed by atoms with E-state index in [1.807, 2.05) is 50.7 Å². The maximum Gasteiger partial charge on any atom is 0.419 e. The third kappa shape index (κ3) is 17.2. The van der Waals surface area contributed by atoms with Crippen molar-refractivity contribution >= 4 is 67.3 Å². The zero-order valence-corrected chi connectivity index (χ0v) is 31.9. The molecule has 0 aliphatic heterocycles. The minimum atomic E-state index is -4.02. The number of benzene rings is 1. The van der Waals surface area contributed by atoms with Gasteiger partial charge in [-0.1, -0.05) is 42.5 Å². The predicted octanol–water partition coefficient (Wildman–Crippen LogP) is 4.04. The van der Waals surface area contributed by atoms with Crippen LogP contribution in [-0.4, -0.2) is 112 Å². The van der Waals surface area contributed by atoms with Crippen LogP contribution in [0.25, 0.3) is 0 Å². The first-order valence-electron chi connectivity index (χ1n) is 15.7. The molecule has 1 heterocycles. The van der Waals surface area contributed by atoms with Gasteiger partial charge in [0.15, 0.2) is 0 Å². The summed E-state index contributed by atoms with van der Waals surface area (Å²) >= 11 is 8.25. The maximum absolute atomic E-state index is 13.6. The van der Waals surface area contributed by atoms with Crippen molar-refractivity contribution in [1.29, 1.82) is 0 Å². The fourth-order valence-electron chi connectivity index (χ4n) is 4.78. The molecule has 0 aliphatic rings. The van der Waals surface area contributed by atoms with Crippen molar-refractivity contribution in [3.05, 3.63) is 54.1 Å². The molecule has 1 aromatic heterocycles.